The topological polar surface area (TPSA) is 85.3 Å². The molecule has 0 aliphatic heterocycles. The molecule has 0 amide bonds. The Kier molecular flexibility index (Phi) is 4.70. The minimum absolute atomic E-state index is 0.402. The van der Waals surface area contributed by atoms with Gasteiger partial charge in [-0.15, -0.1) is 0 Å². The zero-order chi connectivity index (χ0) is 13.2. The van der Waals surface area contributed by atoms with Crippen molar-refractivity contribution >= 4 is 25.5 Å². The summed E-state index contributed by atoms with van der Waals surface area (Å²) in [4.78, 5) is 11.5. The van der Waals surface area contributed by atoms with Gasteiger partial charge < -0.3 is 0 Å². The van der Waals surface area contributed by atoms with Crippen molar-refractivity contribution in [1.82, 2.24) is 0 Å². The molecule has 0 saturated carbocycles. The number of hydrogen-bond acceptors (Lipinski definition) is 5. The molecule has 0 spiro atoms. The maximum Gasteiger partial charge on any atom is 0.158 e. The van der Waals surface area contributed by atoms with Crippen LogP contribution in [0.1, 0.15) is 20.8 Å². The highest BCUT2D eigenvalue weighted by atomic mass is 32.2. The summed E-state index contributed by atoms with van der Waals surface area (Å²) in [6.07, 6.45) is 0.966. The molecule has 96 valence electrons. The molecule has 0 saturated heterocycles. The van der Waals surface area contributed by atoms with E-state index in [0.29, 0.717) is 0 Å². The Bertz CT molecular complexity index is 451. The van der Waals surface area contributed by atoms with Crippen molar-refractivity contribution in [3.63, 3.8) is 0 Å². The van der Waals surface area contributed by atoms with Crippen LogP contribution in [0.5, 0.6) is 0 Å². The van der Waals surface area contributed by atoms with Gasteiger partial charge in [-0.25, -0.2) is 16.8 Å². The summed E-state index contributed by atoms with van der Waals surface area (Å²) in [5, 5.41) is 0. The molecule has 16 heavy (non-hydrogen) atoms. The highest BCUT2D eigenvalue weighted by Crippen LogP contribution is 2.15. The molecule has 0 unspecified atom stereocenters. The standard InChI is InChI=1S/C9H18O5S2/c1-9(2,3)8(10)7-16(13,14)6-5-15(4,11)12/h5-7H2,1-4H3. The van der Waals surface area contributed by atoms with Crippen LogP contribution in [0.2, 0.25) is 0 Å². The van der Waals surface area contributed by atoms with Crippen molar-refractivity contribution in [2.24, 2.45) is 5.41 Å². The van der Waals surface area contributed by atoms with E-state index in [4.69, 9.17) is 0 Å². The summed E-state index contributed by atoms with van der Waals surface area (Å²) < 4.78 is 44.5. The Morgan fingerprint density at radius 2 is 1.44 bits per heavy atom. The molecule has 0 radical (unpaired) electrons. The molecule has 5 nitrogen and oxygen atoms in total. The molecule has 0 aliphatic rings. The van der Waals surface area contributed by atoms with Crippen LogP contribution in [0, 0.1) is 5.41 Å². The lowest BCUT2D eigenvalue weighted by atomic mass is 9.92. The summed E-state index contributed by atoms with van der Waals surface area (Å²) in [6.45, 7) is 4.88. The van der Waals surface area contributed by atoms with E-state index in [1.54, 1.807) is 20.8 Å². The van der Waals surface area contributed by atoms with Crippen molar-refractivity contribution in [3.8, 4) is 0 Å². The van der Waals surface area contributed by atoms with E-state index in [2.05, 4.69) is 0 Å². The molecule has 7 heteroatoms. The normalized spacial score (nSPS) is 13.8. The van der Waals surface area contributed by atoms with Gasteiger partial charge in [-0.05, 0) is 0 Å². The van der Waals surface area contributed by atoms with Gasteiger partial charge in [0, 0.05) is 11.7 Å². The first-order valence-electron chi connectivity index (χ1n) is 4.75. The smallest absolute Gasteiger partial charge is 0.158 e. The first-order valence-corrected chi connectivity index (χ1v) is 8.63. The molecule has 0 atom stereocenters. The van der Waals surface area contributed by atoms with E-state index in [-0.39, 0.29) is 0 Å². The zero-order valence-electron chi connectivity index (χ0n) is 9.98. The van der Waals surface area contributed by atoms with Crippen LogP contribution >= 0.6 is 0 Å². The van der Waals surface area contributed by atoms with Gasteiger partial charge in [-0.2, -0.15) is 0 Å². The predicted octanol–water partition coefficient (Wildman–Crippen LogP) is 0.0610. The number of sulfone groups is 2. The number of carbonyl (C=O) groups excluding carboxylic acids is 1. The molecule has 0 heterocycles. The lowest BCUT2D eigenvalue weighted by Gasteiger charge is -2.16. The van der Waals surface area contributed by atoms with Crippen LogP contribution in [0.4, 0.5) is 0 Å². The van der Waals surface area contributed by atoms with Gasteiger partial charge >= 0.3 is 0 Å². The van der Waals surface area contributed by atoms with Gasteiger partial charge in [-0.1, -0.05) is 20.8 Å². The average Bonchev–Trinajstić information content (AvgIpc) is 1.97. The minimum Gasteiger partial charge on any atom is -0.298 e. The van der Waals surface area contributed by atoms with Gasteiger partial charge in [0.1, 0.15) is 15.6 Å². The van der Waals surface area contributed by atoms with E-state index in [1.165, 1.54) is 0 Å². The van der Waals surface area contributed by atoms with Crippen molar-refractivity contribution in [3.05, 3.63) is 0 Å². The summed E-state index contributed by atoms with van der Waals surface area (Å²) in [6, 6.07) is 0. The second kappa shape index (κ2) is 4.83. The third kappa shape index (κ3) is 6.95. The van der Waals surface area contributed by atoms with Gasteiger partial charge in [0.15, 0.2) is 15.6 Å². The lowest BCUT2D eigenvalue weighted by Crippen LogP contribution is -2.30. The quantitative estimate of drug-likeness (QED) is 0.705. The predicted molar refractivity (Wildman–Crippen MR) is 62.8 cm³/mol. The Balaban J connectivity index is 4.56. The van der Waals surface area contributed by atoms with Crippen molar-refractivity contribution in [2.75, 3.05) is 23.5 Å². The molecule has 0 aromatic rings. The van der Waals surface area contributed by atoms with E-state index in [9.17, 15) is 21.6 Å². The second-order valence-electron chi connectivity index (χ2n) is 4.90. The first kappa shape index (κ1) is 15.6. The third-order valence-corrected chi connectivity index (χ3v) is 4.68. The maximum atomic E-state index is 11.5. The lowest BCUT2D eigenvalue weighted by molar-refractivity contribution is -0.123. The summed E-state index contributed by atoms with van der Waals surface area (Å²) in [5.41, 5.74) is -0.724. The van der Waals surface area contributed by atoms with E-state index in [1.807, 2.05) is 0 Å². The van der Waals surface area contributed by atoms with Crippen molar-refractivity contribution in [2.45, 2.75) is 20.8 Å². The minimum atomic E-state index is -3.63. The van der Waals surface area contributed by atoms with E-state index < -0.39 is 48.1 Å². The van der Waals surface area contributed by atoms with Crippen LogP contribution in [-0.2, 0) is 24.5 Å². The average molecular weight is 270 g/mol. The Morgan fingerprint density at radius 3 is 1.75 bits per heavy atom. The molecule has 0 aromatic carbocycles. The van der Waals surface area contributed by atoms with Crippen molar-refractivity contribution < 1.29 is 21.6 Å². The molecule has 0 fully saturated rings. The van der Waals surface area contributed by atoms with E-state index >= 15 is 0 Å². The number of ketones is 1. The van der Waals surface area contributed by atoms with Crippen LogP contribution in [-0.4, -0.2) is 46.1 Å². The van der Waals surface area contributed by atoms with Gasteiger partial charge in [0.2, 0.25) is 0 Å². The van der Waals surface area contributed by atoms with E-state index in [0.717, 1.165) is 6.26 Å². The highest BCUT2D eigenvalue weighted by molar-refractivity contribution is 7.95. The third-order valence-electron chi connectivity index (χ3n) is 1.95. The Labute approximate surface area is 97.1 Å². The molecule has 0 rings (SSSR count). The van der Waals surface area contributed by atoms with Crippen LogP contribution in [0.3, 0.4) is 0 Å². The van der Waals surface area contributed by atoms with Crippen LogP contribution < -0.4 is 0 Å². The largest absolute Gasteiger partial charge is 0.298 e. The van der Waals surface area contributed by atoms with Gasteiger partial charge in [0.05, 0.1) is 11.5 Å². The monoisotopic (exact) mass is 270 g/mol. The second-order valence-corrected chi connectivity index (χ2v) is 9.34. The summed E-state index contributed by atoms with van der Waals surface area (Å²) >= 11 is 0. The maximum absolute atomic E-state index is 11.5. The fourth-order valence-corrected chi connectivity index (χ4v) is 3.97. The molecule has 0 aromatic heterocycles. The number of Topliss-reactive ketones (excluding diaryl/α,β-unsaturated/α-hetero) is 1. The first-order chi connectivity index (χ1) is 6.83. The van der Waals surface area contributed by atoms with Gasteiger partial charge in [0.25, 0.3) is 0 Å². The molecule has 0 N–H and O–H groups in total. The number of hydrogen-bond donors (Lipinski definition) is 0. The summed E-state index contributed by atoms with van der Waals surface area (Å²) in [5.74, 6) is -1.92. The Morgan fingerprint density at radius 1 is 1.00 bits per heavy atom. The SMILES string of the molecule is CC(C)(C)C(=O)CS(=O)(=O)CCS(C)(=O)=O. The van der Waals surface area contributed by atoms with Gasteiger partial charge in [-0.3, -0.25) is 4.79 Å². The fraction of sp³-hybridized carbons (Fsp3) is 0.889. The number of carbonyl (C=O) groups is 1. The molecule has 0 bridgehead atoms. The molecular weight excluding hydrogens is 252 g/mol. The van der Waals surface area contributed by atoms with Crippen LogP contribution in [0.15, 0.2) is 0 Å². The summed E-state index contributed by atoms with van der Waals surface area (Å²) in [7, 11) is -6.94. The molecule has 0 aliphatic carbocycles. The van der Waals surface area contributed by atoms with Crippen LogP contribution in [0.25, 0.3) is 0 Å². The molecular formula is C9H18O5S2. The zero-order valence-corrected chi connectivity index (χ0v) is 11.6. The Hall–Kier alpha value is -0.430. The number of rotatable bonds is 5. The highest BCUT2D eigenvalue weighted by Gasteiger charge is 2.27. The fourth-order valence-electron chi connectivity index (χ4n) is 0.767. The van der Waals surface area contributed by atoms with Crippen molar-refractivity contribution in [1.29, 1.82) is 0 Å².